The first-order valence-corrected chi connectivity index (χ1v) is 4.43. The zero-order chi connectivity index (χ0) is 9.14. The summed E-state index contributed by atoms with van der Waals surface area (Å²) < 4.78 is 10.2. The molecule has 3 nitrogen and oxygen atoms in total. The molecule has 0 N–H and O–H groups in total. The minimum atomic E-state index is -0.297. The first kappa shape index (κ1) is 9.81. The lowest BCUT2D eigenvalue weighted by Gasteiger charge is -2.19. The second-order valence-corrected chi connectivity index (χ2v) is 3.50. The summed E-state index contributed by atoms with van der Waals surface area (Å²) in [6.07, 6.45) is 1.41. The molecule has 0 heterocycles. The van der Waals surface area contributed by atoms with E-state index in [9.17, 15) is 4.79 Å². The van der Waals surface area contributed by atoms with Gasteiger partial charge in [0.15, 0.2) is 0 Å². The number of halogens is 1. The van der Waals surface area contributed by atoms with E-state index in [1.165, 1.54) is 6.92 Å². The number of rotatable bonds is 2. The van der Waals surface area contributed by atoms with Gasteiger partial charge in [-0.3, -0.25) is 4.79 Å². The molecule has 3 atom stereocenters. The number of esters is 1. The molecule has 1 saturated carbocycles. The number of hydrogen-bond donors (Lipinski definition) is 0. The Balaban J connectivity index is 2.51. The van der Waals surface area contributed by atoms with Crippen LogP contribution in [0.2, 0.25) is 0 Å². The van der Waals surface area contributed by atoms with Crippen molar-refractivity contribution in [1.29, 1.82) is 0 Å². The number of methoxy groups -OCH3 is 1. The second-order valence-electron chi connectivity index (χ2n) is 2.94. The van der Waals surface area contributed by atoms with E-state index in [2.05, 4.69) is 0 Å². The maximum Gasteiger partial charge on any atom is 0.303 e. The van der Waals surface area contributed by atoms with Crippen LogP contribution in [0.1, 0.15) is 19.8 Å². The van der Waals surface area contributed by atoms with E-state index in [0.717, 1.165) is 12.8 Å². The Hall–Kier alpha value is -0.280. The number of hydrogen-bond acceptors (Lipinski definition) is 3. The van der Waals surface area contributed by atoms with Gasteiger partial charge < -0.3 is 9.47 Å². The molecule has 0 aromatic rings. The predicted octanol–water partition coefficient (Wildman–Crippen LogP) is 1.33. The minimum absolute atomic E-state index is 0.0311. The second kappa shape index (κ2) is 4.10. The highest BCUT2D eigenvalue weighted by atomic mass is 35.5. The SMILES string of the molecule is CO[C@@H]1CC[C@H](Cl)[C@H]1OC(C)=O. The molecule has 0 aliphatic heterocycles. The Morgan fingerprint density at radius 3 is 2.67 bits per heavy atom. The van der Waals surface area contributed by atoms with Crippen molar-refractivity contribution < 1.29 is 14.3 Å². The first-order valence-electron chi connectivity index (χ1n) is 3.99. The van der Waals surface area contributed by atoms with Gasteiger partial charge in [0.25, 0.3) is 0 Å². The van der Waals surface area contributed by atoms with Crippen molar-refractivity contribution in [3.8, 4) is 0 Å². The Morgan fingerprint density at radius 2 is 2.17 bits per heavy atom. The molecule has 0 amide bonds. The lowest BCUT2D eigenvalue weighted by atomic mass is 10.2. The maximum absolute atomic E-state index is 10.7. The third-order valence-electron chi connectivity index (χ3n) is 2.05. The molecule has 0 radical (unpaired) electrons. The van der Waals surface area contributed by atoms with Crippen LogP contribution in [0.4, 0.5) is 0 Å². The van der Waals surface area contributed by atoms with E-state index in [1.54, 1.807) is 7.11 Å². The maximum atomic E-state index is 10.7. The van der Waals surface area contributed by atoms with Crippen LogP contribution < -0.4 is 0 Å². The summed E-state index contributed by atoms with van der Waals surface area (Å²) in [4.78, 5) is 10.7. The lowest BCUT2D eigenvalue weighted by Crippen LogP contribution is -2.32. The van der Waals surface area contributed by atoms with Crippen LogP contribution in [0, 0.1) is 0 Å². The van der Waals surface area contributed by atoms with Crippen LogP contribution >= 0.6 is 11.6 Å². The Labute approximate surface area is 77.0 Å². The van der Waals surface area contributed by atoms with Crippen molar-refractivity contribution >= 4 is 17.6 Å². The molecule has 4 heteroatoms. The van der Waals surface area contributed by atoms with Gasteiger partial charge in [-0.05, 0) is 12.8 Å². The highest BCUT2D eigenvalue weighted by Gasteiger charge is 2.37. The van der Waals surface area contributed by atoms with Crippen molar-refractivity contribution in [2.75, 3.05) is 7.11 Å². The third kappa shape index (κ3) is 2.11. The standard InChI is InChI=1S/C8H13ClO3/c1-5(10)12-8-6(9)3-4-7(8)11-2/h6-8H,3-4H2,1-2H3/t6-,7+,8+/m0/s1. The number of carbonyl (C=O) groups excluding carboxylic acids is 1. The van der Waals surface area contributed by atoms with Gasteiger partial charge in [0, 0.05) is 14.0 Å². The molecule has 0 aromatic carbocycles. The Bertz CT molecular complexity index is 172. The molecule has 12 heavy (non-hydrogen) atoms. The van der Waals surface area contributed by atoms with Gasteiger partial charge in [0.1, 0.15) is 6.10 Å². The van der Waals surface area contributed by atoms with Crippen LogP contribution in [0.25, 0.3) is 0 Å². The summed E-state index contributed by atoms with van der Waals surface area (Å²) >= 11 is 5.94. The van der Waals surface area contributed by atoms with Crippen LogP contribution in [-0.4, -0.2) is 30.7 Å². The highest BCUT2D eigenvalue weighted by molar-refractivity contribution is 6.21. The summed E-state index contributed by atoms with van der Waals surface area (Å²) in [5, 5.41) is -0.0983. The summed E-state index contributed by atoms with van der Waals surface area (Å²) in [6, 6.07) is 0. The van der Waals surface area contributed by atoms with Crippen LogP contribution in [0.5, 0.6) is 0 Å². The van der Waals surface area contributed by atoms with Gasteiger partial charge in [-0.15, -0.1) is 11.6 Å². The topological polar surface area (TPSA) is 35.5 Å². The van der Waals surface area contributed by atoms with E-state index in [1.807, 2.05) is 0 Å². The van der Waals surface area contributed by atoms with Crippen LogP contribution in [0.3, 0.4) is 0 Å². The molecule has 0 aromatic heterocycles. The van der Waals surface area contributed by atoms with Gasteiger partial charge in [-0.1, -0.05) is 0 Å². The van der Waals surface area contributed by atoms with Crippen molar-refractivity contribution in [2.24, 2.45) is 0 Å². The van der Waals surface area contributed by atoms with Crippen LogP contribution in [0.15, 0.2) is 0 Å². The van der Waals surface area contributed by atoms with Gasteiger partial charge in [0.05, 0.1) is 11.5 Å². The van der Waals surface area contributed by atoms with E-state index >= 15 is 0 Å². The van der Waals surface area contributed by atoms with Gasteiger partial charge in [-0.2, -0.15) is 0 Å². The summed E-state index contributed by atoms with van der Waals surface area (Å²) in [5.41, 5.74) is 0. The summed E-state index contributed by atoms with van der Waals surface area (Å²) in [7, 11) is 1.61. The molecular formula is C8H13ClO3. The monoisotopic (exact) mass is 192 g/mol. The fourth-order valence-electron chi connectivity index (χ4n) is 1.48. The van der Waals surface area contributed by atoms with Crippen molar-refractivity contribution in [2.45, 2.75) is 37.4 Å². The lowest BCUT2D eigenvalue weighted by molar-refractivity contribution is -0.151. The zero-order valence-electron chi connectivity index (χ0n) is 7.25. The normalized spacial score (nSPS) is 35.1. The molecule has 0 saturated heterocycles. The molecule has 1 aliphatic rings. The van der Waals surface area contributed by atoms with Gasteiger partial charge in [-0.25, -0.2) is 0 Å². The van der Waals surface area contributed by atoms with Crippen molar-refractivity contribution in [3.63, 3.8) is 0 Å². The van der Waals surface area contributed by atoms with E-state index < -0.39 is 0 Å². The van der Waals surface area contributed by atoms with Crippen molar-refractivity contribution in [1.82, 2.24) is 0 Å². The average Bonchev–Trinajstić information content (AvgIpc) is 2.32. The smallest absolute Gasteiger partial charge is 0.303 e. The minimum Gasteiger partial charge on any atom is -0.458 e. The molecule has 0 bridgehead atoms. The molecule has 1 rings (SSSR count). The predicted molar refractivity (Wildman–Crippen MR) is 45.2 cm³/mol. The van der Waals surface area contributed by atoms with E-state index in [4.69, 9.17) is 21.1 Å². The first-order chi connectivity index (χ1) is 5.65. The fraction of sp³-hybridized carbons (Fsp3) is 0.875. The van der Waals surface area contributed by atoms with Gasteiger partial charge in [0.2, 0.25) is 0 Å². The number of ether oxygens (including phenoxy) is 2. The van der Waals surface area contributed by atoms with Crippen molar-refractivity contribution in [3.05, 3.63) is 0 Å². The molecule has 70 valence electrons. The molecule has 0 spiro atoms. The molecule has 1 aliphatic carbocycles. The van der Waals surface area contributed by atoms with E-state index in [-0.39, 0.29) is 23.6 Å². The fourth-order valence-corrected chi connectivity index (χ4v) is 1.82. The highest BCUT2D eigenvalue weighted by Crippen LogP contribution is 2.29. The number of alkyl halides is 1. The van der Waals surface area contributed by atoms with Crippen LogP contribution in [-0.2, 0) is 14.3 Å². The van der Waals surface area contributed by atoms with E-state index in [0.29, 0.717) is 0 Å². The quantitative estimate of drug-likeness (QED) is 0.489. The largest absolute Gasteiger partial charge is 0.458 e. The molecular weight excluding hydrogens is 180 g/mol. The average molecular weight is 193 g/mol. The molecule has 0 unspecified atom stereocenters. The summed E-state index contributed by atoms with van der Waals surface area (Å²) in [6.45, 7) is 1.38. The third-order valence-corrected chi connectivity index (χ3v) is 2.52. The Morgan fingerprint density at radius 1 is 1.50 bits per heavy atom. The number of carbonyl (C=O) groups is 1. The Kier molecular flexibility index (Phi) is 3.35. The summed E-state index contributed by atoms with van der Waals surface area (Å²) in [5.74, 6) is -0.297. The zero-order valence-corrected chi connectivity index (χ0v) is 8.00. The molecule has 1 fully saturated rings. The van der Waals surface area contributed by atoms with Gasteiger partial charge >= 0.3 is 5.97 Å².